The van der Waals surface area contributed by atoms with Gasteiger partial charge in [-0.1, -0.05) is 13.8 Å². The van der Waals surface area contributed by atoms with Crippen LogP contribution in [0.25, 0.3) is 5.76 Å². The molecule has 0 bridgehead atoms. The van der Waals surface area contributed by atoms with E-state index in [0.29, 0.717) is 54.1 Å². The van der Waals surface area contributed by atoms with Gasteiger partial charge in [-0.15, -0.1) is 0 Å². The molecule has 2 aliphatic rings. The molecule has 3 aromatic rings. The van der Waals surface area contributed by atoms with Crippen LogP contribution in [0.5, 0.6) is 17.2 Å². The highest BCUT2D eigenvalue weighted by Gasteiger charge is 2.48. The Morgan fingerprint density at radius 2 is 1.86 bits per heavy atom. The van der Waals surface area contributed by atoms with Crippen LogP contribution in [-0.2, 0) is 9.59 Å². The summed E-state index contributed by atoms with van der Waals surface area (Å²) < 4.78 is 22.6. The van der Waals surface area contributed by atoms with E-state index in [1.165, 1.54) is 11.2 Å². The van der Waals surface area contributed by atoms with Crippen LogP contribution in [0.15, 0.2) is 64.8 Å². The average Bonchev–Trinajstić information content (AvgIpc) is 3.50. The van der Waals surface area contributed by atoms with Crippen molar-refractivity contribution in [1.82, 2.24) is 0 Å². The molecule has 1 saturated heterocycles. The molecule has 0 spiro atoms. The maximum Gasteiger partial charge on any atom is 0.300 e. The summed E-state index contributed by atoms with van der Waals surface area (Å²) in [6, 6.07) is 12.7. The van der Waals surface area contributed by atoms with Crippen LogP contribution < -0.4 is 19.1 Å². The highest BCUT2D eigenvalue weighted by molar-refractivity contribution is 6.51. The summed E-state index contributed by atoms with van der Waals surface area (Å²) in [5.41, 5.74) is 1.68. The largest absolute Gasteiger partial charge is 0.507 e. The Morgan fingerprint density at radius 3 is 2.56 bits per heavy atom. The minimum Gasteiger partial charge on any atom is -0.507 e. The first-order chi connectivity index (χ1) is 17.4. The van der Waals surface area contributed by atoms with E-state index in [4.69, 9.17) is 18.6 Å². The third kappa shape index (κ3) is 3.98. The zero-order valence-corrected chi connectivity index (χ0v) is 20.3. The van der Waals surface area contributed by atoms with E-state index in [-0.39, 0.29) is 17.3 Å². The Kier molecular flexibility index (Phi) is 6.18. The Morgan fingerprint density at radius 1 is 1.08 bits per heavy atom. The second kappa shape index (κ2) is 9.45. The van der Waals surface area contributed by atoms with Crippen LogP contribution in [0.2, 0.25) is 0 Å². The minimum atomic E-state index is -0.961. The van der Waals surface area contributed by atoms with E-state index in [9.17, 15) is 14.7 Å². The summed E-state index contributed by atoms with van der Waals surface area (Å²) in [5, 5.41) is 11.4. The van der Waals surface area contributed by atoms with Gasteiger partial charge in [-0.25, -0.2) is 0 Å². The summed E-state index contributed by atoms with van der Waals surface area (Å²) in [7, 11) is 0. The molecule has 2 aromatic carbocycles. The number of rotatable bonds is 6. The van der Waals surface area contributed by atoms with E-state index in [1.54, 1.807) is 48.5 Å². The second-order valence-corrected chi connectivity index (χ2v) is 8.85. The third-order valence-electron chi connectivity index (χ3n) is 6.27. The lowest BCUT2D eigenvalue weighted by molar-refractivity contribution is -0.132. The molecule has 1 fully saturated rings. The molecule has 2 aliphatic heterocycles. The molecule has 8 nitrogen and oxygen atoms in total. The smallest absolute Gasteiger partial charge is 0.300 e. The number of Topliss-reactive ketones (excluding diaryl/α,β-unsaturated/α-hetero) is 1. The molecular formula is C28H27NO7. The highest BCUT2D eigenvalue weighted by Crippen LogP contribution is 2.45. The first-order valence-corrected chi connectivity index (χ1v) is 11.9. The lowest BCUT2D eigenvalue weighted by atomic mass is 9.95. The lowest BCUT2D eigenvalue weighted by Gasteiger charge is -2.25. The number of fused-ring (bicyclic) bond motifs is 1. The Balaban J connectivity index is 1.65. The molecule has 5 rings (SSSR count). The number of hydrogen-bond acceptors (Lipinski definition) is 7. The van der Waals surface area contributed by atoms with Crippen LogP contribution >= 0.6 is 0 Å². The average molecular weight is 490 g/mol. The summed E-state index contributed by atoms with van der Waals surface area (Å²) in [6.45, 7) is 7.26. The van der Waals surface area contributed by atoms with Crippen molar-refractivity contribution >= 4 is 23.1 Å². The standard InChI is InChI=1S/C28H27NO7/c1-4-33-20-9-7-17(14-19(20)16(2)3)26(30)24-25(22-6-5-11-34-22)29(28(32)27(24)31)18-8-10-21-23(15-18)36-13-12-35-21/h5-11,14-16,25,30H,4,12-13H2,1-3H3/b26-24-. The van der Waals surface area contributed by atoms with E-state index >= 15 is 0 Å². The SMILES string of the molecule is CCOc1ccc(/C(O)=C2/C(=O)C(=O)N(c3ccc4c(c3)OCCO4)C2c2ccco2)cc1C(C)C. The molecule has 1 atom stereocenters. The van der Waals surface area contributed by atoms with Crippen LogP contribution in [0.4, 0.5) is 5.69 Å². The number of furan rings is 1. The third-order valence-corrected chi connectivity index (χ3v) is 6.27. The number of carbonyl (C=O) groups excluding carboxylic acids is 2. The number of benzene rings is 2. The number of ketones is 1. The summed E-state index contributed by atoms with van der Waals surface area (Å²) in [6.07, 6.45) is 1.47. The topological polar surface area (TPSA) is 98.4 Å². The number of amides is 1. The van der Waals surface area contributed by atoms with Crippen LogP contribution in [-0.4, -0.2) is 36.6 Å². The number of carbonyl (C=O) groups is 2. The van der Waals surface area contributed by atoms with Crippen molar-refractivity contribution in [2.24, 2.45) is 0 Å². The van der Waals surface area contributed by atoms with Crippen molar-refractivity contribution in [3.63, 3.8) is 0 Å². The fourth-order valence-electron chi connectivity index (χ4n) is 4.59. The molecule has 8 heteroatoms. The van der Waals surface area contributed by atoms with Crippen molar-refractivity contribution in [2.75, 3.05) is 24.7 Å². The number of aliphatic hydroxyl groups excluding tert-OH is 1. The molecular weight excluding hydrogens is 462 g/mol. The molecule has 1 amide bonds. The van der Waals surface area contributed by atoms with Gasteiger partial charge in [-0.3, -0.25) is 14.5 Å². The molecule has 186 valence electrons. The van der Waals surface area contributed by atoms with E-state index < -0.39 is 17.7 Å². The zero-order chi connectivity index (χ0) is 25.4. The molecule has 0 radical (unpaired) electrons. The summed E-state index contributed by atoms with van der Waals surface area (Å²) >= 11 is 0. The molecule has 36 heavy (non-hydrogen) atoms. The quantitative estimate of drug-likeness (QED) is 0.289. The summed E-state index contributed by atoms with van der Waals surface area (Å²) in [4.78, 5) is 28.0. The van der Waals surface area contributed by atoms with Gasteiger partial charge in [-0.2, -0.15) is 0 Å². The van der Waals surface area contributed by atoms with Gasteiger partial charge in [0.25, 0.3) is 11.7 Å². The maximum atomic E-state index is 13.4. The number of ether oxygens (including phenoxy) is 3. The predicted octanol–water partition coefficient (Wildman–Crippen LogP) is 5.20. The fraction of sp³-hybridized carbons (Fsp3) is 0.286. The van der Waals surface area contributed by atoms with Crippen LogP contribution in [0, 0.1) is 0 Å². The van der Waals surface area contributed by atoms with E-state index in [0.717, 1.165) is 5.56 Å². The number of aliphatic hydroxyl groups is 1. The van der Waals surface area contributed by atoms with Crippen LogP contribution in [0.3, 0.4) is 0 Å². The maximum absolute atomic E-state index is 13.4. The van der Waals surface area contributed by atoms with E-state index in [2.05, 4.69) is 0 Å². The van der Waals surface area contributed by atoms with Crippen molar-refractivity contribution in [3.8, 4) is 17.2 Å². The Hall–Kier alpha value is -4.20. The van der Waals surface area contributed by atoms with Crippen molar-refractivity contribution in [3.05, 3.63) is 77.3 Å². The highest BCUT2D eigenvalue weighted by atomic mass is 16.6. The Labute approximate surface area is 208 Å². The lowest BCUT2D eigenvalue weighted by Crippen LogP contribution is -2.29. The molecule has 3 heterocycles. The van der Waals surface area contributed by atoms with Gasteiger partial charge in [-0.05, 0) is 60.9 Å². The number of nitrogens with zero attached hydrogens (tertiary/aromatic N) is 1. The van der Waals surface area contributed by atoms with Gasteiger partial charge < -0.3 is 23.7 Å². The van der Waals surface area contributed by atoms with E-state index in [1.807, 2.05) is 20.8 Å². The number of hydrogen-bond donors (Lipinski definition) is 1. The predicted molar refractivity (Wildman–Crippen MR) is 133 cm³/mol. The molecule has 1 N–H and O–H groups in total. The van der Waals surface area contributed by atoms with Crippen molar-refractivity contribution < 1.29 is 33.3 Å². The first kappa shape index (κ1) is 23.5. The molecule has 0 saturated carbocycles. The molecule has 0 aliphatic carbocycles. The molecule has 1 aromatic heterocycles. The van der Waals surface area contributed by atoms with Gasteiger partial charge in [0.1, 0.15) is 36.5 Å². The number of anilines is 1. The first-order valence-electron chi connectivity index (χ1n) is 11.9. The van der Waals surface area contributed by atoms with Crippen LogP contribution in [0.1, 0.15) is 49.6 Å². The second-order valence-electron chi connectivity index (χ2n) is 8.85. The fourth-order valence-corrected chi connectivity index (χ4v) is 4.59. The zero-order valence-electron chi connectivity index (χ0n) is 20.3. The van der Waals surface area contributed by atoms with Gasteiger partial charge in [0.2, 0.25) is 0 Å². The van der Waals surface area contributed by atoms with Crippen molar-refractivity contribution in [2.45, 2.75) is 32.7 Å². The van der Waals surface area contributed by atoms with Gasteiger partial charge in [0.15, 0.2) is 11.5 Å². The Bertz CT molecular complexity index is 1340. The van der Waals surface area contributed by atoms with Crippen molar-refractivity contribution in [1.29, 1.82) is 0 Å². The monoisotopic (exact) mass is 489 g/mol. The normalized spacial score (nSPS) is 18.7. The van der Waals surface area contributed by atoms with Gasteiger partial charge in [0, 0.05) is 17.3 Å². The van der Waals surface area contributed by atoms with Gasteiger partial charge in [0.05, 0.1) is 18.4 Å². The molecule has 1 unspecified atom stereocenters. The minimum absolute atomic E-state index is 0.0521. The summed E-state index contributed by atoms with van der Waals surface area (Å²) in [5.74, 6) is 0.358. The van der Waals surface area contributed by atoms with Gasteiger partial charge >= 0.3 is 0 Å².